The molecule has 8 heteroatoms. The Balaban J connectivity index is 1.78. The number of nitrogens with one attached hydrogen (secondary N) is 2. The van der Waals surface area contributed by atoms with Crippen LogP contribution in [0.1, 0.15) is 33.3 Å². The second-order valence-corrected chi connectivity index (χ2v) is 8.15. The van der Waals surface area contributed by atoms with Gasteiger partial charge in [-0.15, -0.1) is 0 Å². The van der Waals surface area contributed by atoms with Crippen LogP contribution >= 0.6 is 0 Å². The molecule has 1 aromatic carbocycles. The molecular formula is C22H31N3O5. The minimum absolute atomic E-state index is 0.0987. The molecule has 0 radical (unpaired) electrons. The normalized spacial score (nSPS) is 18.0. The molecule has 164 valence electrons. The van der Waals surface area contributed by atoms with Gasteiger partial charge in [0.25, 0.3) is 0 Å². The summed E-state index contributed by atoms with van der Waals surface area (Å²) >= 11 is 0. The van der Waals surface area contributed by atoms with E-state index in [2.05, 4.69) is 10.6 Å². The largest absolute Gasteiger partial charge is 0.444 e. The van der Waals surface area contributed by atoms with E-state index in [1.807, 2.05) is 30.3 Å². The molecule has 8 nitrogen and oxygen atoms in total. The van der Waals surface area contributed by atoms with Crippen molar-refractivity contribution in [1.29, 1.82) is 0 Å². The van der Waals surface area contributed by atoms with Gasteiger partial charge in [0.15, 0.2) is 0 Å². The highest BCUT2D eigenvalue weighted by Crippen LogP contribution is 2.11. The Labute approximate surface area is 177 Å². The second-order valence-electron chi connectivity index (χ2n) is 8.15. The van der Waals surface area contributed by atoms with Crippen molar-refractivity contribution in [2.75, 3.05) is 26.2 Å². The summed E-state index contributed by atoms with van der Waals surface area (Å²) in [6, 6.07) is 9.10. The van der Waals surface area contributed by atoms with Crippen molar-refractivity contribution in [1.82, 2.24) is 15.5 Å². The van der Waals surface area contributed by atoms with Gasteiger partial charge in [0.2, 0.25) is 11.8 Å². The number of hydrogen-bond acceptors (Lipinski definition) is 5. The molecule has 3 amide bonds. The van der Waals surface area contributed by atoms with Crippen molar-refractivity contribution in [2.24, 2.45) is 0 Å². The van der Waals surface area contributed by atoms with Gasteiger partial charge in [0, 0.05) is 19.2 Å². The molecule has 2 atom stereocenters. The Hall–Kier alpha value is -2.87. The minimum atomic E-state index is -0.591. The van der Waals surface area contributed by atoms with Crippen molar-refractivity contribution in [3.8, 4) is 0 Å². The van der Waals surface area contributed by atoms with Gasteiger partial charge in [-0.3, -0.25) is 9.59 Å². The van der Waals surface area contributed by atoms with Crippen LogP contribution in [0, 0.1) is 0 Å². The number of morpholine rings is 1. The predicted octanol–water partition coefficient (Wildman–Crippen LogP) is 1.96. The molecule has 0 aromatic heterocycles. The van der Waals surface area contributed by atoms with Gasteiger partial charge in [-0.05, 0) is 39.3 Å². The number of amides is 3. The topological polar surface area (TPSA) is 97.0 Å². The van der Waals surface area contributed by atoms with E-state index in [4.69, 9.17) is 9.47 Å². The predicted molar refractivity (Wildman–Crippen MR) is 114 cm³/mol. The van der Waals surface area contributed by atoms with Gasteiger partial charge in [-0.25, -0.2) is 4.79 Å². The van der Waals surface area contributed by atoms with E-state index < -0.39 is 11.7 Å². The number of carbonyl (C=O) groups is 3. The SMILES string of the molecule is CC(NC(=O)OC(C)(C)C)C1CN(C(=O)CNC(=O)/C=C/c2ccccc2)CCO1. The average Bonchev–Trinajstić information content (AvgIpc) is 2.69. The molecule has 0 spiro atoms. The van der Waals surface area contributed by atoms with Gasteiger partial charge in [-0.2, -0.15) is 0 Å². The fraction of sp³-hybridized carbons (Fsp3) is 0.500. The Morgan fingerprint density at radius 1 is 1.27 bits per heavy atom. The highest BCUT2D eigenvalue weighted by molar-refractivity contribution is 5.94. The van der Waals surface area contributed by atoms with E-state index in [9.17, 15) is 14.4 Å². The van der Waals surface area contributed by atoms with Gasteiger partial charge in [-0.1, -0.05) is 30.3 Å². The fourth-order valence-electron chi connectivity index (χ4n) is 2.86. The third-order valence-corrected chi connectivity index (χ3v) is 4.39. The lowest BCUT2D eigenvalue weighted by Gasteiger charge is -2.36. The van der Waals surface area contributed by atoms with Crippen LogP contribution in [0.5, 0.6) is 0 Å². The zero-order valence-corrected chi connectivity index (χ0v) is 18.0. The van der Waals surface area contributed by atoms with Crippen LogP contribution in [0.2, 0.25) is 0 Å². The van der Waals surface area contributed by atoms with Crippen molar-refractivity contribution in [2.45, 2.75) is 45.4 Å². The van der Waals surface area contributed by atoms with E-state index in [0.717, 1.165) is 5.56 Å². The van der Waals surface area contributed by atoms with E-state index in [0.29, 0.717) is 19.7 Å². The van der Waals surface area contributed by atoms with Crippen LogP contribution in [-0.2, 0) is 19.1 Å². The fourth-order valence-corrected chi connectivity index (χ4v) is 2.86. The second kappa shape index (κ2) is 10.8. The Morgan fingerprint density at radius 3 is 2.63 bits per heavy atom. The molecule has 1 fully saturated rings. The van der Waals surface area contributed by atoms with Gasteiger partial charge < -0.3 is 25.0 Å². The summed E-state index contributed by atoms with van der Waals surface area (Å²) in [5.41, 5.74) is 0.313. The maximum Gasteiger partial charge on any atom is 0.407 e. The molecule has 30 heavy (non-hydrogen) atoms. The lowest BCUT2D eigenvalue weighted by Crippen LogP contribution is -2.55. The van der Waals surface area contributed by atoms with Crippen LogP contribution in [0.15, 0.2) is 36.4 Å². The number of ether oxygens (including phenoxy) is 2. The number of carbonyl (C=O) groups excluding carboxylic acids is 3. The van der Waals surface area contributed by atoms with Crippen LogP contribution in [0.25, 0.3) is 6.08 Å². The summed E-state index contributed by atoms with van der Waals surface area (Å²) in [5.74, 6) is -0.536. The standard InChI is InChI=1S/C22H31N3O5/c1-16(24-21(28)30-22(2,3)4)18-15-25(12-13-29-18)20(27)14-23-19(26)11-10-17-8-6-5-7-9-17/h5-11,16,18H,12-15H2,1-4H3,(H,23,26)(H,24,28)/b11-10+. The van der Waals surface area contributed by atoms with E-state index in [1.54, 1.807) is 38.7 Å². The van der Waals surface area contributed by atoms with Crippen LogP contribution in [-0.4, -0.2) is 66.8 Å². The third kappa shape index (κ3) is 8.24. The first-order chi connectivity index (χ1) is 14.1. The monoisotopic (exact) mass is 417 g/mol. The van der Waals surface area contributed by atoms with Gasteiger partial charge in [0.05, 0.1) is 25.3 Å². The summed E-state index contributed by atoms with van der Waals surface area (Å²) in [4.78, 5) is 38.0. The van der Waals surface area contributed by atoms with Crippen molar-refractivity contribution in [3.63, 3.8) is 0 Å². The highest BCUT2D eigenvalue weighted by Gasteiger charge is 2.30. The van der Waals surface area contributed by atoms with Crippen LogP contribution in [0.4, 0.5) is 4.79 Å². The van der Waals surface area contributed by atoms with Gasteiger partial charge in [0.1, 0.15) is 5.60 Å². The molecule has 0 bridgehead atoms. The van der Waals surface area contributed by atoms with Crippen molar-refractivity contribution < 1.29 is 23.9 Å². The molecule has 2 rings (SSSR count). The molecule has 1 aliphatic rings. The number of alkyl carbamates (subject to hydrolysis) is 1. The highest BCUT2D eigenvalue weighted by atomic mass is 16.6. The van der Waals surface area contributed by atoms with Crippen molar-refractivity contribution >= 4 is 24.0 Å². The summed E-state index contributed by atoms with van der Waals surface area (Å²) in [6.07, 6.45) is 2.20. The van der Waals surface area contributed by atoms with E-state index in [-0.39, 0.29) is 30.5 Å². The Kier molecular flexibility index (Phi) is 8.41. The molecule has 0 aliphatic carbocycles. The van der Waals surface area contributed by atoms with Crippen LogP contribution < -0.4 is 10.6 Å². The maximum atomic E-state index is 12.5. The number of nitrogens with zero attached hydrogens (tertiary/aromatic N) is 1. The summed E-state index contributed by atoms with van der Waals surface area (Å²) < 4.78 is 11.0. The lowest BCUT2D eigenvalue weighted by atomic mass is 10.1. The zero-order chi connectivity index (χ0) is 22.1. The summed E-state index contributed by atoms with van der Waals surface area (Å²) in [7, 11) is 0. The van der Waals surface area contributed by atoms with E-state index in [1.165, 1.54) is 6.08 Å². The summed E-state index contributed by atoms with van der Waals surface area (Å²) in [5, 5.41) is 5.35. The smallest absolute Gasteiger partial charge is 0.407 e. The average molecular weight is 418 g/mol. The quantitative estimate of drug-likeness (QED) is 0.690. The lowest BCUT2D eigenvalue weighted by molar-refractivity contribution is -0.139. The number of benzene rings is 1. The molecule has 2 unspecified atom stereocenters. The first-order valence-electron chi connectivity index (χ1n) is 10.0. The molecule has 1 aliphatic heterocycles. The molecular weight excluding hydrogens is 386 g/mol. The Morgan fingerprint density at radius 2 is 1.97 bits per heavy atom. The molecule has 1 aromatic rings. The third-order valence-electron chi connectivity index (χ3n) is 4.39. The zero-order valence-electron chi connectivity index (χ0n) is 18.0. The first-order valence-corrected chi connectivity index (χ1v) is 10.0. The van der Waals surface area contributed by atoms with Crippen molar-refractivity contribution in [3.05, 3.63) is 42.0 Å². The first kappa shape index (κ1) is 23.4. The molecule has 1 saturated heterocycles. The molecule has 1 heterocycles. The molecule has 0 saturated carbocycles. The molecule has 2 N–H and O–H groups in total. The Bertz CT molecular complexity index is 758. The van der Waals surface area contributed by atoms with Gasteiger partial charge >= 0.3 is 6.09 Å². The summed E-state index contributed by atoms with van der Waals surface area (Å²) in [6.45, 7) is 8.19. The minimum Gasteiger partial charge on any atom is -0.444 e. The maximum absolute atomic E-state index is 12.5. The number of rotatable bonds is 6. The number of hydrogen-bond donors (Lipinski definition) is 2. The van der Waals surface area contributed by atoms with E-state index >= 15 is 0 Å². The van der Waals surface area contributed by atoms with Crippen LogP contribution in [0.3, 0.4) is 0 Å².